The number of hydrogen-bond acceptors (Lipinski definition) is 12. The normalized spacial score (nSPS) is 37.0. The van der Waals surface area contributed by atoms with E-state index in [1.54, 1.807) is 26.0 Å². The van der Waals surface area contributed by atoms with Gasteiger partial charge in [0.15, 0.2) is 5.79 Å². The number of aliphatic hydroxyl groups is 3. The molecule has 0 spiro atoms. The molecule has 55 heavy (non-hydrogen) atoms. The predicted molar refractivity (Wildman–Crippen MR) is 210 cm³/mol. The minimum absolute atomic E-state index is 0.0297. The van der Waals surface area contributed by atoms with Crippen LogP contribution in [0.4, 0.5) is 0 Å². The number of hydrazine groups is 1. The van der Waals surface area contributed by atoms with Crippen LogP contribution in [0.25, 0.3) is 0 Å². The maximum Gasteiger partial charge on any atom is 0.373 e. The van der Waals surface area contributed by atoms with Crippen LogP contribution in [-0.4, -0.2) is 89.6 Å². The summed E-state index contributed by atoms with van der Waals surface area (Å²) in [5.41, 5.74) is 7.56. The molecule has 0 unspecified atom stereocenters. The Balaban J connectivity index is 1.92. The van der Waals surface area contributed by atoms with E-state index in [1.165, 1.54) is 14.2 Å². The number of carbonyl (C=O) groups is 2. The van der Waals surface area contributed by atoms with E-state index >= 15 is 0 Å². The molecule has 3 rings (SSSR count). The van der Waals surface area contributed by atoms with E-state index in [0.29, 0.717) is 31.3 Å². The van der Waals surface area contributed by atoms with Gasteiger partial charge in [-0.3, -0.25) is 4.79 Å². The van der Waals surface area contributed by atoms with Crippen LogP contribution in [0.3, 0.4) is 0 Å². The second-order valence-corrected chi connectivity index (χ2v) is 16.6. The second-order valence-electron chi connectivity index (χ2n) is 16.6. The predicted octanol–water partition coefficient (Wildman–Crippen LogP) is 5.24. The lowest BCUT2D eigenvalue weighted by Gasteiger charge is -2.50. The van der Waals surface area contributed by atoms with Crippen molar-refractivity contribution in [3.05, 3.63) is 47.3 Å². The Morgan fingerprint density at radius 2 is 1.78 bits per heavy atom. The van der Waals surface area contributed by atoms with Crippen molar-refractivity contribution in [2.24, 2.45) is 35.5 Å². The van der Waals surface area contributed by atoms with Crippen molar-refractivity contribution in [1.82, 2.24) is 10.9 Å². The second kappa shape index (κ2) is 20.4. The molecule has 12 atom stereocenters. The van der Waals surface area contributed by atoms with E-state index in [9.17, 15) is 24.9 Å². The molecule has 0 bridgehead atoms. The van der Waals surface area contributed by atoms with Crippen molar-refractivity contribution in [3.8, 4) is 12.3 Å². The summed E-state index contributed by atoms with van der Waals surface area (Å²) in [6, 6.07) is 0. The number of carbonyl (C=O) groups excluding carboxylic acids is 2. The summed E-state index contributed by atoms with van der Waals surface area (Å²) >= 11 is 0. The molecule has 2 fully saturated rings. The van der Waals surface area contributed by atoms with Crippen LogP contribution in [0.2, 0.25) is 0 Å². The van der Waals surface area contributed by atoms with Crippen molar-refractivity contribution in [3.63, 3.8) is 0 Å². The molecule has 0 aromatic rings. The molecule has 5 N–H and O–H groups in total. The van der Waals surface area contributed by atoms with Crippen LogP contribution in [0.5, 0.6) is 0 Å². The van der Waals surface area contributed by atoms with Gasteiger partial charge in [-0.15, -0.1) is 12.3 Å². The molecule has 0 saturated carbocycles. The van der Waals surface area contributed by atoms with Crippen LogP contribution in [-0.2, 0) is 33.3 Å². The fourth-order valence-electron chi connectivity index (χ4n) is 7.96. The number of hydrogen-bond donors (Lipinski definition) is 5. The number of esters is 2. The molecule has 0 radical (unpaired) electrons. The van der Waals surface area contributed by atoms with Gasteiger partial charge in [0.25, 0.3) is 0 Å². The Kier molecular flexibility index (Phi) is 17.2. The zero-order valence-electron chi connectivity index (χ0n) is 34.8. The van der Waals surface area contributed by atoms with Crippen molar-refractivity contribution in [1.29, 1.82) is 0 Å². The summed E-state index contributed by atoms with van der Waals surface area (Å²) in [7, 11) is 2.86. The van der Waals surface area contributed by atoms with E-state index < -0.39 is 66.2 Å². The van der Waals surface area contributed by atoms with E-state index in [-0.39, 0.29) is 47.9 Å². The molecular weight excluding hydrogens is 704 g/mol. The van der Waals surface area contributed by atoms with Gasteiger partial charge in [0.1, 0.15) is 18.3 Å². The van der Waals surface area contributed by atoms with Crippen LogP contribution >= 0.6 is 0 Å². The molecule has 3 heterocycles. The summed E-state index contributed by atoms with van der Waals surface area (Å²) in [5.74, 6) is -2.73. The maximum absolute atomic E-state index is 13.7. The van der Waals surface area contributed by atoms with Crippen molar-refractivity contribution in [2.75, 3.05) is 14.2 Å². The number of methoxy groups -OCH3 is 2. The standard InChI is InChI=1S/C43H68N2O10/c1-13-14-19-42(44-45-42)20-18-36(46)53-35-24-43(50,55-39(25(2)3)30(35)8)32(10)38(48)31(9)40-33(51-11)17-15-16-26(4)21-28(6)37(47)29(7)22-27(5)23-34(52-12)41(49)54-40/h1,15-17,22-23,25,28-33,35,37-40,44-45,47-48,50H,14,18-21,24H2,2-12H3/b17-15+,26-16+,27-22+,34-23-/t28-,29+,30-,31-,32-,33-,35+,37-,38+,39+,40+,43+/m0/s1. The minimum Gasteiger partial charge on any atom is -0.490 e. The van der Waals surface area contributed by atoms with Gasteiger partial charge in [-0.25, -0.2) is 15.6 Å². The molecule has 0 aromatic carbocycles. The Bertz CT molecular complexity index is 1460. The van der Waals surface area contributed by atoms with Gasteiger partial charge in [0.05, 0.1) is 31.1 Å². The van der Waals surface area contributed by atoms with Gasteiger partial charge in [-0.2, -0.15) is 0 Å². The Labute approximate surface area is 329 Å². The van der Waals surface area contributed by atoms with E-state index in [1.807, 2.05) is 66.7 Å². The summed E-state index contributed by atoms with van der Waals surface area (Å²) in [6.45, 7) is 17.0. The lowest BCUT2D eigenvalue weighted by molar-refractivity contribution is -0.329. The highest BCUT2D eigenvalue weighted by atomic mass is 16.6. The number of rotatable bonds is 13. The van der Waals surface area contributed by atoms with E-state index in [0.717, 1.165) is 5.57 Å². The Hall–Kier alpha value is -3.02. The first-order valence-corrected chi connectivity index (χ1v) is 19.8. The molecule has 2 saturated heterocycles. The van der Waals surface area contributed by atoms with Gasteiger partial charge >= 0.3 is 11.9 Å². The lowest BCUT2D eigenvalue weighted by atomic mass is 9.76. The zero-order valence-corrected chi connectivity index (χ0v) is 34.8. The topological polar surface area (TPSA) is 185 Å². The summed E-state index contributed by atoms with van der Waals surface area (Å²) in [4.78, 5) is 26.9. The molecule has 0 aromatic heterocycles. The highest BCUT2D eigenvalue weighted by molar-refractivity contribution is 5.87. The largest absolute Gasteiger partial charge is 0.490 e. The van der Waals surface area contributed by atoms with Gasteiger partial charge in [-0.05, 0) is 51.0 Å². The maximum atomic E-state index is 13.7. The SMILES string of the molecule is C#CCCC1(CCC(=O)O[C@@H]2C[C@](O)([C@@H](C)[C@H](O)[C@H](C)[C@H]3OC(=O)/C(OC)=C/C(C)=C/[C@@H](C)[C@@H](O)[C@@H](C)C/C(C)=C/C=C/[C@@H]3OC)O[C@H](C(C)C)[C@H]2C)NN1. The Morgan fingerprint density at radius 1 is 1.11 bits per heavy atom. The first kappa shape index (κ1) is 46.4. The molecule has 12 heteroatoms. The van der Waals surface area contributed by atoms with Gasteiger partial charge < -0.3 is 39.0 Å². The smallest absolute Gasteiger partial charge is 0.373 e. The minimum atomic E-state index is -1.90. The molecule has 12 nitrogen and oxygen atoms in total. The molecular formula is C43H68N2O10. The van der Waals surface area contributed by atoms with Crippen LogP contribution in [0.15, 0.2) is 47.3 Å². The summed E-state index contributed by atoms with van der Waals surface area (Å²) in [6.07, 6.45) is 12.0. The first-order valence-electron chi connectivity index (χ1n) is 19.8. The average Bonchev–Trinajstić information content (AvgIpc) is 3.92. The van der Waals surface area contributed by atoms with Crippen LogP contribution in [0, 0.1) is 47.9 Å². The number of aliphatic hydroxyl groups excluding tert-OH is 2. The van der Waals surface area contributed by atoms with Crippen LogP contribution < -0.4 is 10.9 Å². The number of terminal acetylenes is 1. The summed E-state index contributed by atoms with van der Waals surface area (Å²) < 4.78 is 29.9. The lowest BCUT2D eigenvalue weighted by Crippen LogP contribution is -2.59. The third-order valence-corrected chi connectivity index (χ3v) is 11.7. The van der Waals surface area contributed by atoms with Crippen molar-refractivity contribution < 1.29 is 48.6 Å². The fourth-order valence-corrected chi connectivity index (χ4v) is 7.96. The zero-order chi connectivity index (χ0) is 41.2. The van der Waals surface area contributed by atoms with Crippen molar-refractivity contribution in [2.45, 2.75) is 149 Å². The highest BCUT2D eigenvalue weighted by Crippen LogP contribution is 2.43. The average molecular weight is 773 g/mol. The van der Waals surface area contributed by atoms with Crippen LogP contribution in [0.1, 0.15) is 101 Å². The quantitative estimate of drug-likeness (QED) is 0.0934. The molecule has 3 aliphatic rings. The molecule has 310 valence electrons. The monoisotopic (exact) mass is 772 g/mol. The van der Waals surface area contributed by atoms with Gasteiger partial charge in [-0.1, -0.05) is 83.9 Å². The fraction of sp³-hybridized carbons (Fsp3) is 0.721. The first-order chi connectivity index (χ1) is 25.8. The highest BCUT2D eigenvalue weighted by Gasteiger charge is 2.53. The van der Waals surface area contributed by atoms with E-state index in [2.05, 4.69) is 16.8 Å². The molecule has 0 aliphatic carbocycles. The number of nitrogens with one attached hydrogen (secondary N) is 2. The number of allylic oxidation sites excluding steroid dienone is 5. The Morgan fingerprint density at radius 3 is 2.36 bits per heavy atom. The van der Waals surface area contributed by atoms with Gasteiger partial charge in [0, 0.05) is 50.0 Å². The third kappa shape index (κ3) is 12.5. The molecule has 0 amide bonds. The molecule has 3 aliphatic heterocycles. The summed E-state index contributed by atoms with van der Waals surface area (Å²) in [5, 5.41) is 35.3. The van der Waals surface area contributed by atoms with E-state index in [4.69, 9.17) is 30.1 Å². The number of ether oxygens (including phenoxy) is 5. The third-order valence-electron chi connectivity index (χ3n) is 11.7. The number of cyclic esters (lactones) is 1. The van der Waals surface area contributed by atoms with Gasteiger partial charge in [0.2, 0.25) is 5.76 Å². The van der Waals surface area contributed by atoms with Crippen molar-refractivity contribution >= 4 is 11.9 Å².